The molecule has 0 radical (unpaired) electrons. The first kappa shape index (κ1) is 28.4. The molecule has 2 heterocycles. The second kappa shape index (κ2) is 9.42. The summed E-state index contributed by atoms with van der Waals surface area (Å²) in [5.74, 6) is -6.72. The number of nitrogens with zero attached hydrogens (tertiary/aromatic N) is 3. The fourth-order valence-corrected chi connectivity index (χ4v) is 8.27. The van der Waals surface area contributed by atoms with Crippen LogP contribution in [0, 0.1) is 27.9 Å². The van der Waals surface area contributed by atoms with Gasteiger partial charge in [-0.3, -0.25) is 34.2 Å². The lowest BCUT2D eigenvalue weighted by molar-refractivity contribution is -0.384. The molecule has 0 aromatic heterocycles. The highest BCUT2D eigenvalue weighted by molar-refractivity contribution is 6.53. The number of phenolic OH excluding ortho intramolecular Hbond substituents is 1. The molecule has 2 saturated heterocycles. The Morgan fingerprint density at radius 1 is 1.07 bits per heavy atom. The maximum atomic E-state index is 14.0. The monoisotopic (exact) mass is 633 g/mol. The van der Waals surface area contributed by atoms with E-state index in [-0.39, 0.29) is 40.7 Å². The van der Waals surface area contributed by atoms with Crippen molar-refractivity contribution in [2.75, 3.05) is 19.1 Å². The number of nitro benzene ring substituents is 1. The summed E-state index contributed by atoms with van der Waals surface area (Å²) in [4.78, 5) is 63.4. The van der Waals surface area contributed by atoms with Crippen LogP contribution in [0.5, 0.6) is 11.5 Å². The Labute approximate surface area is 253 Å². The van der Waals surface area contributed by atoms with Gasteiger partial charge in [0.2, 0.25) is 11.8 Å². The van der Waals surface area contributed by atoms with Crippen LogP contribution in [0.15, 0.2) is 48.0 Å². The van der Waals surface area contributed by atoms with Crippen LogP contribution in [0.4, 0.5) is 11.4 Å². The van der Waals surface area contributed by atoms with Crippen LogP contribution in [0.2, 0.25) is 5.02 Å². The molecule has 2 aromatic carbocycles. The first-order valence-corrected chi connectivity index (χ1v) is 14.0. The lowest BCUT2D eigenvalue weighted by atomic mass is 9.56. The highest BCUT2D eigenvalue weighted by Gasteiger charge is 2.76. The number of allylic oxidation sites excluding steroid dienone is 2. The normalized spacial score (nSPS) is 32.0. The number of methoxy groups -OCH3 is 1. The number of rotatable bonds is 4. The summed E-state index contributed by atoms with van der Waals surface area (Å²) in [6.45, 7) is 0. The Bertz CT molecular complexity index is 1660. The average molecular weight is 635 g/mol. The van der Waals surface area contributed by atoms with Crippen LogP contribution < -0.4 is 9.64 Å². The molecule has 3 fully saturated rings. The van der Waals surface area contributed by atoms with Crippen molar-refractivity contribution < 1.29 is 33.9 Å². The Morgan fingerprint density at radius 2 is 1.79 bits per heavy atom. The van der Waals surface area contributed by atoms with E-state index in [4.69, 9.17) is 39.5 Å². The molecule has 1 saturated carbocycles. The van der Waals surface area contributed by atoms with E-state index in [0.29, 0.717) is 11.1 Å². The van der Waals surface area contributed by atoms with Gasteiger partial charge in [-0.15, -0.1) is 23.2 Å². The molecule has 2 aromatic rings. The van der Waals surface area contributed by atoms with E-state index < -0.39 is 62.0 Å². The maximum absolute atomic E-state index is 14.0. The Morgan fingerprint density at radius 3 is 2.45 bits per heavy atom. The van der Waals surface area contributed by atoms with Gasteiger partial charge in [-0.2, -0.15) is 0 Å². The summed E-state index contributed by atoms with van der Waals surface area (Å²) < 4.78 is 5.28. The molecule has 0 spiro atoms. The van der Waals surface area contributed by atoms with Crippen LogP contribution in [-0.2, 0) is 19.2 Å². The lowest BCUT2D eigenvalue weighted by Crippen LogP contribution is -2.60. The number of amides is 4. The molecule has 6 rings (SSSR count). The molecule has 1 N–H and O–H groups in total. The van der Waals surface area contributed by atoms with Crippen molar-refractivity contribution in [3.63, 3.8) is 0 Å². The number of carbonyl (C=O) groups excluding carboxylic acids is 4. The second-order valence-corrected chi connectivity index (χ2v) is 12.5. The molecule has 4 aliphatic rings. The van der Waals surface area contributed by atoms with E-state index in [1.807, 2.05) is 0 Å². The molecule has 42 heavy (non-hydrogen) atoms. The van der Waals surface area contributed by atoms with E-state index in [1.165, 1.54) is 44.5 Å². The van der Waals surface area contributed by atoms with Crippen molar-refractivity contribution in [1.29, 1.82) is 0 Å². The molecule has 4 amide bonds. The molecule has 2 aliphatic carbocycles. The highest BCUT2D eigenvalue weighted by atomic mass is 35.5. The van der Waals surface area contributed by atoms with Gasteiger partial charge in [-0.05, 0) is 42.5 Å². The largest absolute Gasteiger partial charge is 0.503 e. The minimum atomic E-state index is -2.04. The first-order valence-electron chi connectivity index (χ1n) is 12.9. The number of hydrogen-bond acceptors (Lipinski definition) is 8. The zero-order chi connectivity index (χ0) is 30.5. The van der Waals surface area contributed by atoms with Crippen LogP contribution in [0.25, 0.3) is 0 Å². The van der Waals surface area contributed by atoms with Crippen LogP contribution >= 0.6 is 34.8 Å². The van der Waals surface area contributed by atoms with Crippen LogP contribution in [-0.4, -0.2) is 62.5 Å². The number of hydrogen-bond donors (Lipinski definition) is 1. The number of ether oxygens (including phenoxy) is 1. The number of imide groups is 2. The smallest absolute Gasteiger partial charge is 0.271 e. The van der Waals surface area contributed by atoms with Gasteiger partial charge in [0.1, 0.15) is 0 Å². The molecule has 0 bridgehead atoms. The second-order valence-electron chi connectivity index (χ2n) is 10.8. The Hall–Kier alpha value is -3.67. The summed E-state index contributed by atoms with van der Waals surface area (Å²) in [6.07, 6.45) is 1.62. The highest BCUT2D eigenvalue weighted by Crippen LogP contribution is 2.65. The summed E-state index contributed by atoms with van der Waals surface area (Å²) in [6, 6.07) is 8.05. The predicted octanol–water partition coefficient (Wildman–Crippen LogP) is 4.16. The zero-order valence-corrected chi connectivity index (χ0v) is 24.3. The van der Waals surface area contributed by atoms with Crippen LogP contribution in [0.1, 0.15) is 24.3 Å². The Balaban J connectivity index is 1.52. The summed E-state index contributed by atoms with van der Waals surface area (Å²) in [5.41, 5.74) is 0.594. The summed E-state index contributed by atoms with van der Waals surface area (Å²) in [7, 11) is 2.59. The standard InChI is InChI=1S/C28H22Cl3N3O8/c1-32-25(38)27(30)11-17-15(21(28(27,31)26(32)39)12-8-18(29)22(35)19(9-12)42-2)6-7-16-20(17)24(37)33(23(16)36)13-4-3-5-14(10-13)34(40)41/h3-6,8-10,16-17,20-21,35H,7,11H2,1-2H3. The average Bonchev–Trinajstić information content (AvgIpc) is 3.29. The number of likely N-dealkylation sites (tertiary alicyclic amines) is 1. The SMILES string of the molecule is COc1cc(C2C3=CCC4C(=O)N(c5cccc([N+](=O)[O-])c5)C(=O)C4C3CC3(Cl)C(=O)N(C)C(=O)C23Cl)cc(Cl)c1O. The van der Waals surface area contributed by atoms with Gasteiger partial charge in [0.15, 0.2) is 21.2 Å². The molecule has 14 heteroatoms. The third-order valence-corrected chi connectivity index (χ3v) is 10.6. The van der Waals surface area contributed by atoms with Gasteiger partial charge < -0.3 is 9.84 Å². The van der Waals surface area contributed by atoms with Crippen molar-refractivity contribution in [1.82, 2.24) is 4.90 Å². The molecular weight excluding hydrogens is 613 g/mol. The minimum absolute atomic E-state index is 0.0107. The number of aromatic hydroxyl groups is 1. The van der Waals surface area contributed by atoms with E-state index in [2.05, 4.69) is 0 Å². The topological polar surface area (TPSA) is 147 Å². The fourth-order valence-electron chi connectivity index (χ4n) is 7.03. The van der Waals surface area contributed by atoms with E-state index in [9.17, 15) is 34.4 Å². The van der Waals surface area contributed by atoms with E-state index in [0.717, 1.165) is 15.9 Å². The lowest BCUT2D eigenvalue weighted by Gasteiger charge is -2.50. The molecule has 2 aliphatic heterocycles. The van der Waals surface area contributed by atoms with Crippen molar-refractivity contribution in [2.24, 2.45) is 17.8 Å². The van der Waals surface area contributed by atoms with Crippen molar-refractivity contribution >= 4 is 69.8 Å². The minimum Gasteiger partial charge on any atom is -0.503 e. The number of benzene rings is 2. The number of carbonyl (C=O) groups is 4. The number of alkyl halides is 2. The summed E-state index contributed by atoms with van der Waals surface area (Å²) in [5, 5.41) is 21.6. The number of halogens is 3. The molecule has 11 nitrogen and oxygen atoms in total. The number of non-ortho nitro benzene ring substituents is 1. The van der Waals surface area contributed by atoms with Crippen LogP contribution in [0.3, 0.4) is 0 Å². The van der Waals surface area contributed by atoms with E-state index in [1.54, 1.807) is 6.08 Å². The molecule has 218 valence electrons. The quantitative estimate of drug-likeness (QED) is 0.173. The number of nitro groups is 1. The molecule has 6 unspecified atom stereocenters. The first-order chi connectivity index (χ1) is 19.8. The van der Waals surface area contributed by atoms with Gasteiger partial charge in [-0.25, -0.2) is 4.90 Å². The molecule has 6 atom stereocenters. The van der Waals surface area contributed by atoms with Crippen molar-refractivity contribution in [3.8, 4) is 11.5 Å². The van der Waals surface area contributed by atoms with Crippen molar-refractivity contribution in [2.45, 2.75) is 28.5 Å². The maximum Gasteiger partial charge on any atom is 0.271 e. The van der Waals surface area contributed by atoms with Crippen molar-refractivity contribution in [3.05, 3.63) is 68.7 Å². The fraction of sp³-hybridized carbons (Fsp3) is 0.357. The van der Waals surface area contributed by atoms with E-state index >= 15 is 0 Å². The Kier molecular flexibility index (Phi) is 6.38. The number of phenols is 1. The van der Waals surface area contributed by atoms with Gasteiger partial charge in [-0.1, -0.05) is 29.3 Å². The van der Waals surface area contributed by atoms with Gasteiger partial charge >= 0.3 is 0 Å². The third-order valence-electron chi connectivity index (χ3n) is 8.92. The van der Waals surface area contributed by atoms with Gasteiger partial charge in [0.25, 0.3) is 17.5 Å². The van der Waals surface area contributed by atoms with Gasteiger partial charge in [0.05, 0.1) is 34.6 Å². The number of fused-ring (bicyclic) bond motifs is 4. The third kappa shape index (κ3) is 3.53. The van der Waals surface area contributed by atoms with Gasteiger partial charge in [0, 0.05) is 25.1 Å². The predicted molar refractivity (Wildman–Crippen MR) is 151 cm³/mol. The molecular formula is C28H22Cl3N3O8. The summed E-state index contributed by atoms with van der Waals surface area (Å²) >= 11 is 20.6. The zero-order valence-electron chi connectivity index (χ0n) is 22.0. The number of anilines is 1.